The Morgan fingerprint density at radius 2 is 2.36 bits per heavy atom. The van der Waals surface area contributed by atoms with Crippen molar-refractivity contribution in [2.75, 3.05) is 0 Å². The first-order chi connectivity index (χ1) is 5.15. The van der Waals surface area contributed by atoms with Crippen LogP contribution in [-0.4, -0.2) is 10.1 Å². The molecule has 3 nitrogen and oxygen atoms in total. The van der Waals surface area contributed by atoms with E-state index in [1.807, 2.05) is 0 Å². The van der Waals surface area contributed by atoms with Gasteiger partial charge in [-0.05, 0) is 6.92 Å². The van der Waals surface area contributed by atoms with Crippen molar-refractivity contribution in [1.29, 1.82) is 0 Å². The molecule has 0 radical (unpaired) electrons. The number of aromatic hydroxyl groups is 1. The quantitative estimate of drug-likeness (QED) is 0.523. The molecular formula is C8H7NO2. The van der Waals surface area contributed by atoms with E-state index < -0.39 is 5.56 Å². The molecule has 0 bridgehead atoms. The molecule has 11 heavy (non-hydrogen) atoms. The predicted molar refractivity (Wildman–Crippen MR) is 41.4 cm³/mol. The summed E-state index contributed by atoms with van der Waals surface area (Å²) in [5.74, 6) is 1.95. The van der Waals surface area contributed by atoms with Crippen LogP contribution >= 0.6 is 0 Å². The molecule has 1 rings (SSSR count). The summed E-state index contributed by atoms with van der Waals surface area (Å²) in [7, 11) is 0. The van der Waals surface area contributed by atoms with Crippen molar-refractivity contribution < 1.29 is 5.11 Å². The van der Waals surface area contributed by atoms with E-state index in [1.54, 1.807) is 6.92 Å². The van der Waals surface area contributed by atoms with Gasteiger partial charge in [0.2, 0.25) is 0 Å². The maximum Gasteiger partial charge on any atom is 0.267 e. The highest BCUT2D eigenvalue weighted by atomic mass is 16.3. The molecule has 1 aromatic heterocycles. The molecule has 0 saturated carbocycles. The highest BCUT2D eigenvalue weighted by Gasteiger charge is 2.02. The predicted octanol–water partition coefficient (Wildman–Crippen LogP) is 0.370. The third-order valence-corrected chi connectivity index (χ3v) is 1.29. The van der Waals surface area contributed by atoms with Crippen LogP contribution in [0.3, 0.4) is 0 Å². The lowest BCUT2D eigenvalue weighted by Crippen LogP contribution is -2.10. The zero-order chi connectivity index (χ0) is 8.43. The van der Waals surface area contributed by atoms with Crippen molar-refractivity contribution in [2.24, 2.45) is 0 Å². The van der Waals surface area contributed by atoms with E-state index in [-0.39, 0.29) is 11.3 Å². The van der Waals surface area contributed by atoms with Crippen LogP contribution in [0.4, 0.5) is 0 Å². The summed E-state index contributed by atoms with van der Waals surface area (Å²) in [6, 6.07) is 1.41. The number of H-pyrrole nitrogens is 1. The molecule has 0 aliphatic rings. The van der Waals surface area contributed by atoms with Crippen molar-refractivity contribution in [3.8, 4) is 18.1 Å². The van der Waals surface area contributed by atoms with Crippen molar-refractivity contribution in [2.45, 2.75) is 6.92 Å². The topological polar surface area (TPSA) is 53.1 Å². The minimum Gasteiger partial charge on any atom is -0.506 e. The number of rotatable bonds is 0. The Labute approximate surface area is 63.7 Å². The highest BCUT2D eigenvalue weighted by Crippen LogP contribution is 2.10. The molecule has 0 aliphatic carbocycles. The Kier molecular flexibility index (Phi) is 1.69. The molecule has 0 aromatic carbocycles. The second kappa shape index (κ2) is 2.51. The number of aromatic nitrogens is 1. The summed E-state index contributed by atoms with van der Waals surface area (Å²) in [4.78, 5) is 13.4. The number of hydrogen-bond acceptors (Lipinski definition) is 2. The van der Waals surface area contributed by atoms with Gasteiger partial charge in [-0.1, -0.05) is 5.92 Å². The highest BCUT2D eigenvalue weighted by molar-refractivity contribution is 5.42. The molecule has 3 heteroatoms. The minimum atomic E-state index is -0.426. The van der Waals surface area contributed by atoms with Gasteiger partial charge in [0, 0.05) is 11.8 Å². The molecule has 1 aromatic rings. The van der Waals surface area contributed by atoms with E-state index in [1.165, 1.54) is 6.07 Å². The lowest BCUT2D eigenvalue weighted by molar-refractivity contribution is 0.471. The zero-order valence-corrected chi connectivity index (χ0v) is 6.01. The number of aryl methyl sites for hydroxylation is 1. The van der Waals surface area contributed by atoms with Crippen LogP contribution in [0.25, 0.3) is 0 Å². The SMILES string of the molecule is C#Cc1c(O)cc(C)[nH]c1=O. The average molecular weight is 149 g/mol. The van der Waals surface area contributed by atoms with E-state index in [0.717, 1.165) is 0 Å². The molecule has 0 fully saturated rings. The molecule has 56 valence electrons. The standard InChI is InChI=1S/C8H7NO2/c1-3-6-7(10)4-5(2)9-8(6)11/h1,4H,2H3,(H2,9,10,11). The first-order valence-electron chi connectivity index (χ1n) is 3.04. The van der Waals surface area contributed by atoms with Gasteiger partial charge in [-0.15, -0.1) is 6.42 Å². The van der Waals surface area contributed by atoms with Gasteiger partial charge in [0.1, 0.15) is 11.3 Å². The van der Waals surface area contributed by atoms with Crippen LogP contribution in [0, 0.1) is 19.3 Å². The number of terminal acetylenes is 1. The number of hydrogen-bond donors (Lipinski definition) is 2. The fraction of sp³-hybridized carbons (Fsp3) is 0.125. The second-order valence-corrected chi connectivity index (χ2v) is 2.19. The maximum atomic E-state index is 10.9. The lowest BCUT2D eigenvalue weighted by Gasteiger charge is -1.96. The van der Waals surface area contributed by atoms with E-state index in [0.29, 0.717) is 5.69 Å². The van der Waals surface area contributed by atoms with Gasteiger partial charge >= 0.3 is 0 Å². The Morgan fingerprint density at radius 1 is 1.73 bits per heavy atom. The van der Waals surface area contributed by atoms with E-state index in [4.69, 9.17) is 11.5 Å². The lowest BCUT2D eigenvalue weighted by atomic mass is 10.2. The van der Waals surface area contributed by atoms with Crippen LogP contribution in [0.1, 0.15) is 11.3 Å². The minimum absolute atomic E-state index is 0.0180. The van der Waals surface area contributed by atoms with Gasteiger partial charge < -0.3 is 10.1 Å². The first kappa shape index (κ1) is 7.42. The van der Waals surface area contributed by atoms with Gasteiger partial charge in [-0.3, -0.25) is 4.79 Å². The van der Waals surface area contributed by atoms with Crippen molar-refractivity contribution in [3.05, 3.63) is 27.7 Å². The third-order valence-electron chi connectivity index (χ3n) is 1.29. The summed E-state index contributed by atoms with van der Waals surface area (Å²) in [6.45, 7) is 1.67. The largest absolute Gasteiger partial charge is 0.506 e. The Bertz CT molecular complexity index is 371. The summed E-state index contributed by atoms with van der Waals surface area (Å²) >= 11 is 0. The van der Waals surface area contributed by atoms with Crippen molar-refractivity contribution in [1.82, 2.24) is 4.98 Å². The second-order valence-electron chi connectivity index (χ2n) is 2.19. The molecule has 1 heterocycles. The van der Waals surface area contributed by atoms with Crippen LogP contribution in [-0.2, 0) is 0 Å². The maximum absolute atomic E-state index is 10.9. The summed E-state index contributed by atoms with van der Waals surface area (Å²) in [5, 5.41) is 9.11. The van der Waals surface area contributed by atoms with E-state index >= 15 is 0 Å². The van der Waals surface area contributed by atoms with Crippen LogP contribution < -0.4 is 5.56 Å². The molecule has 0 aliphatic heterocycles. The third kappa shape index (κ3) is 1.24. The van der Waals surface area contributed by atoms with E-state index in [2.05, 4.69) is 10.9 Å². The van der Waals surface area contributed by atoms with Crippen LogP contribution in [0.5, 0.6) is 5.75 Å². The average Bonchev–Trinajstić information content (AvgIpc) is 1.85. The molecule has 0 unspecified atom stereocenters. The first-order valence-corrected chi connectivity index (χ1v) is 3.04. The smallest absolute Gasteiger partial charge is 0.267 e. The molecule has 0 atom stereocenters. The number of pyridine rings is 1. The molecule has 2 N–H and O–H groups in total. The van der Waals surface area contributed by atoms with Crippen LogP contribution in [0.15, 0.2) is 10.9 Å². The summed E-state index contributed by atoms with van der Waals surface area (Å²) in [6.07, 6.45) is 4.97. The van der Waals surface area contributed by atoms with Crippen molar-refractivity contribution >= 4 is 0 Å². The van der Waals surface area contributed by atoms with Gasteiger partial charge in [0.25, 0.3) is 5.56 Å². The normalized spacial score (nSPS) is 9.09. The van der Waals surface area contributed by atoms with Gasteiger partial charge in [-0.2, -0.15) is 0 Å². The molecule has 0 spiro atoms. The molecular weight excluding hydrogens is 142 g/mol. The van der Waals surface area contributed by atoms with Gasteiger partial charge in [0.05, 0.1) is 0 Å². The van der Waals surface area contributed by atoms with E-state index in [9.17, 15) is 4.79 Å². The zero-order valence-electron chi connectivity index (χ0n) is 6.01. The Balaban J connectivity index is 3.53. The van der Waals surface area contributed by atoms with Gasteiger partial charge in [0.15, 0.2) is 0 Å². The summed E-state index contributed by atoms with van der Waals surface area (Å²) in [5.41, 5.74) is 0.145. The summed E-state index contributed by atoms with van der Waals surface area (Å²) < 4.78 is 0. The monoisotopic (exact) mass is 149 g/mol. The van der Waals surface area contributed by atoms with Gasteiger partial charge in [-0.25, -0.2) is 0 Å². The van der Waals surface area contributed by atoms with Crippen LogP contribution in [0.2, 0.25) is 0 Å². The fourth-order valence-electron chi connectivity index (χ4n) is 0.811. The Hall–Kier alpha value is -1.69. The number of nitrogens with one attached hydrogen (secondary N) is 1. The Morgan fingerprint density at radius 3 is 2.82 bits per heavy atom. The molecule has 0 amide bonds. The van der Waals surface area contributed by atoms with Crippen molar-refractivity contribution in [3.63, 3.8) is 0 Å². The molecule has 0 saturated heterocycles. The number of aromatic amines is 1. The fourth-order valence-corrected chi connectivity index (χ4v) is 0.811.